The van der Waals surface area contributed by atoms with E-state index in [1.165, 1.54) is 7.11 Å². The highest BCUT2D eigenvalue weighted by molar-refractivity contribution is 5.91. The van der Waals surface area contributed by atoms with E-state index in [-0.39, 0.29) is 5.97 Å². The fourth-order valence-electron chi connectivity index (χ4n) is 1.67. The number of carbonyl (C=O) groups excluding carboxylic acids is 1. The normalized spacial score (nSPS) is 10.2. The summed E-state index contributed by atoms with van der Waals surface area (Å²) in [7, 11) is 1.38. The van der Waals surface area contributed by atoms with Crippen LogP contribution in [0.4, 0.5) is 0 Å². The second-order valence-corrected chi connectivity index (χ2v) is 3.71. The maximum atomic E-state index is 11.5. The van der Waals surface area contributed by atoms with Crippen molar-refractivity contribution >= 4 is 5.97 Å². The summed E-state index contributed by atoms with van der Waals surface area (Å²) in [6, 6.07) is 3.81. The van der Waals surface area contributed by atoms with Crippen LogP contribution >= 0.6 is 0 Å². The molecule has 88 valence electrons. The summed E-state index contributed by atoms with van der Waals surface area (Å²) in [5.41, 5.74) is 3.69. The van der Waals surface area contributed by atoms with E-state index in [1.54, 1.807) is 0 Å². The van der Waals surface area contributed by atoms with Gasteiger partial charge >= 0.3 is 5.97 Å². The van der Waals surface area contributed by atoms with Gasteiger partial charge < -0.3 is 9.57 Å². The zero-order valence-electron chi connectivity index (χ0n) is 9.87. The summed E-state index contributed by atoms with van der Waals surface area (Å²) in [5, 5.41) is 0. The highest BCUT2D eigenvalue weighted by atomic mass is 16.6. The van der Waals surface area contributed by atoms with Crippen LogP contribution in [0.25, 0.3) is 0 Å². The molecule has 0 bridgehead atoms. The summed E-state index contributed by atoms with van der Waals surface area (Å²) >= 11 is 0. The van der Waals surface area contributed by atoms with Gasteiger partial charge in [0.25, 0.3) is 0 Å². The number of esters is 1. The molecular formula is C12H17NO3. The molecule has 0 saturated carbocycles. The fraction of sp³-hybridized carbons (Fsp3) is 0.417. The summed E-state index contributed by atoms with van der Waals surface area (Å²) in [6.45, 7) is 4.33. The van der Waals surface area contributed by atoms with Gasteiger partial charge in [0.15, 0.2) is 0 Å². The van der Waals surface area contributed by atoms with Crippen LogP contribution in [0.5, 0.6) is 0 Å². The van der Waals surface area contributed by atoms with Crippen molar-refractivity contribution in [3.05, 3.63) is 34.4 Å². The minimum absolute atomic E-state index is 0.313. The van der Waals surface area contributed by atoms with Crippen LogP contribution in [0.3, 0.4) is 0 Å². The van der Waals surface area contributed by atoms with Crippen molar-refractivity contribution < 1.29 is 14.4 Å². The quantitative estimate of drug-likeness (QED) is 0.621. The Bertz CT molecular complexity index is 388. The van der Waals surface area contributed by atoms with E-state index < -0.39 is 0 Å². The van der Waals surface area contributed by atoms with Gasteiger partial charge in [-0.05, 0) is 43.0 Å². The van der Waals surface area contributed by atoms with E-state index in [0.29, 0.717) is 18.6 Å². The first kappa shape index (κ1) is 12.7. The summed E-state index contributed by atoms with van der Waals surface area (Å²) < 4.78 is 4.72. The highest BCUT2D eigenvalue weighted by Crippen LogP contribution is 2.17. The molecule has 0 saturated heterocycles. The van der Waals surface area contributed by atoms with Crippen molar-refractivity contribution in [2.45, 2.75) is 20.3 Å². The van der Waals surface area contributed by atoms with Gasteiger partial charge in [0.1, 0.15) is 0 Å². The van der Waals surface area contributed by atoms with Crippen LogP contribution in [0.1, 0.15) is 27.0 Å². The van der Waals surface area contributed by atoms with Crippen LogP contribution in [0, 0.1) is 13.8 Å². The van der Waals surface area contributed by atoms with E-state index in [1.807, 2.05) is 26.0 Å². The molecule has 0 spiro atoms. The van der Waals surface area contributed by atoms with Crippen molar-refractivity contribution in [3.63, 3.8) is 0 Å². The van der Waals surface area contributed by atoms with Gasteiger partial charge in [-0.15, -0.1) is 0 Å². The third kappa shape index (κ3) is 2.81. The number of ether oxygens (including phenoxy) is 1. The van der Waals surface area contributed by atoms with Gasteiger partial charge in [0.05, 0.1) is 19.3 Å². The second kappa shape index (κ2) is 5.63. The topological polar surface area (TPSA) is 61.5 Å². The van der Waals surface area contributed by atoms with E-state index in [2.05, 4.69) is 4.84 Å². The lowest BCUT2D eigenvalue weighted by Gasteiger charge is -2.10. The Morgan fingerprint density at radius 3 is 2.56 bits per heavy atom. The monoisotopic (exact) mass is 223 g/mol. The van der Waals surface area contributed by atoms with Gasteiger partial charge in [-0.1, -0.05) is 6.07 Å². The molecule has 0 radical (unpaired) electrons. The first-order valence-electron chi connectivity index (χ1n) is 5.10. The third-order valence-electron chi connectivity index (χ3n) is 2.58. The standard InChI is InChI=1S/C12H17NO3/c1-8-6-9(2)11(12(14)15-3)7-10(8)4-5-16-13/h6-7H,4-5,13H2,1-3H3. The van der Waals surface area contributed by atoms with Crippen molar-refractivity contribution in [2.75, 3.05) is 13.7 Å². The average Bonchev–Trinajstić information content (AvgIpc) is 2.27. The molecule has 2 N–H and O–H groups in total. The molecule has 0 fully saturated rings. The summed E-state index contributed by atoms with van der Waals surface area (Å²) in [5.74, 6) is 4.68. The van der Waals surface area contributed by atoms with Crippen molar-refractivity contribution in [1.29, 1.82) is 0 Å². The number of benzene rings is 1. The molecule has 1 rings (SSSR count). The fourth-order valence-corrected chi connectivity index (χ4v) is 1.67. The van der Waals surface area contributed by atoms with Crippen LogP contribution < -0.4 is 5.90 Å². The number of hydrogen-bond acceptors (Lipinski definition) is 4. The zero-order chi connectivity index (χ0) is 12.1. The highest BCUT2D eigenvalue weighted by Gasteiger charge is 2.11. The molecule has 1 aromatic carbocycles. The van der Waals surface area contributed by atoms with Gasteiger partial charge in [0.2, 0.25) is 0 Å². The van der Waals surface area contributed by atoms with Gasteiger partial charge in [0, 0.05) is 0 Å². The molecule has 4 heteroatoms. The van der Waals surface area contributed by atoms with Crippen molar-refractivity contribution in [1.82, 2.24) is 0 Å². The predicted molar refractivity (Wildman–Crippen MR) is 61.1 cm³/mol. The van der Waals surface area contributed by atoms with Crippen molar-refractivity contribution in [3.8, 4) is 0 Å². The molecule has 0 unspecified atom stereocenters. The lowest BCUT2D eigenvalue weighted by atomic mass is 9.98. The Morgan fingerprint density at radius 2 is 2.00 bits per heavy atom. The smallest absolute Gasteiger partial charge is 0.338 e. The number of carbonyl (C=O) groups is 1. The number of aryl methyl sites for hydroxylation is 2. The Morgan fingerprint density at radius 1 is 1.31 bits per heavy atom. The minimum atomic E-state index is -0.313. The maximum absolute atomic E-state index is 11.5. The predicted octanol–water partition coefficient (Wildman–Crippen LogP) is 1.52. The maximum Gasteiger partial charge on any atom is 0.338 e. The Hall–Kier alpha value is -1.39. The molecule has 0 atom stereocenters. The Labute approximate surface area is 95.3 Å². The van der Waals surface area contributed by atoms with E-state index in [9.17, 15) is 4.79 Å². The Kier molecular flexibility index (Phi) is 4.46. The molecule has 0 aliphatic heterocycles. The van der Waals surface area contributed by atoms with E-state index in [0.717, 1.165) is 16.7 Å². The van der Waals surface area contributed by atoms with Crippen LogP contribution in [0.15, 0.2) is 12.1 Å². The largest absolute Gasteiger partial charge is 0.465 e. The molecule has 0 aliphatic rings. The van der Waals surface area contributed by atoms with Gasteiger partial charge in [-0.25, -0.2) is 10.7 Å². The lowest BCUT2D eigenvalue weighted by molar-refractivity contribution is 0.0599. The molecule has 0 amide bonds. The molecule has 0 heterocycles. The number of methoxy groups -OCH3 is 1. The molecule has 0 aliphatic carbocycles. The summed E-state index contributed by atoms with van der Waals surface area (Å²) in [6.07, 6.45) is 0.687. The van der Waals surface area contributed by atoms with Gasteiger partial charge in [-0.2, -0.15) is 0 Å². The second-order valence-electron chi connectivity index (χ2n) is 3.71. The average molecular weight is 223 g/mol. The molecule has 16 heavy (non-hydrogen) atoms. The lowest BCUT2D eigenvalue weighted by Crippen LogP contribution is -2.09. The van der Waals surface area contributed by atoms with Gasteiger partial charge in [-0.3, -0.25) is 0 Å². The summed E-state index contributed by atoms with van der Waals surface area (Å²) in [4.78, 5) is 16.0. The number of nitrogens with two attached hydrogens (primary N) is 1. The molecular weight excluding hydrogens is 206 g/mol. The number of hydrogen-bond donors (Lipinski definition) is 1. The molecule has 4 nitrogen and oxygen atoms in total. The first-order chi connectivity index (χ1) is 7.60. The van der Waals surface area contributed by atoms with Crippen LogP contribution in [-0.4, -0.2) is 19.7 Å². The molecule has 0 aromatic heterocycles. The zero-order valence-corrected chi connectivity index (χ0v) is 9.87. The number of rotatable bonds is 4. The molecule has 1 aromatic rings. The van der Waals surface area contributed by atoms with E-state index in [4.69, 9.17) is 10.6 Å². The van der Waals surface area contributed by atoms with Crippen molar-refractivity contribution in [2.24, 2.45) is 5.90 Å². The Balaban J connectivity index is 3.06. The first-order valence-corrected chi connectivity index (χ1v) is 5.10. The van der Waals surface area contributed by atoms with Crippen LogP contribution in [-0.2, 0) is 16.0 Å². The minimum Gasteiger partial charge on any atom is -0.465 e. The van der Waals surface area contributed by atoms with Crippen LogP contribution in [0.2, 0.25) is 0 Å². The SMILES string of the molecule is COC(=O)c1cc(CCON)c(C)cc1C. The third-order valence-corrected chi connectivity index (χ3v) is 2.58. The van der Waals surface area contributed by atoms with E-state index >= 15 is 0 Å².